The lowest BCUT2D eigenvalue weighted by Crippen LogP contribution is -2.44. The number of likely N-dealkylation sites (N-methyl/N-ethyl adjacent to an activating group) is 1. The van der Waals surface area contributed by atoms with Crippen molar-refractivity contribution in [3.8, 4) is 28.3 Å². The normalized spacial score (nSPS) is 14.0. The first-order valence-corrected chi connectivity index (χ1v) is 11.9. The molecule has 1 amide bonds. The average molecular weight is 484 g/mol. The van der Waals surface area contributed by atoms with Crippen LogP contribution < -0.4 is 15.0 Å². The van der Waals surface area contributed by atoms with E-state index in [0.29, 0.717) is 11.5 Å². The van der Waals surface area contributed by atoms with Crippen LogP contribution in [-0.2, 0) is 0 Å². The van der Waals surface area contributed by atoms with Gasteiger partial charge in [-0.1, -0.05) is 18.2 Å². The van der Waals surface area contributed by atoms with Crippen molar-refractivity contribution in [3.05, 3.63) is 78.2 Å². The van der Waals surface area contributed by atoms with Crippen LogP contribution >= 0.6 is 0 Å². The first kappa shape index (κ1) is 23.6. The van der Waals surface area contributed by atoms with E-state index in [2.05, 4.69) is 32.4 Å². The van der Waals surface area contributed by atoms with E-state index in [1.54, 1.807) is 7.11 Å². The fourth-order valence-corrected chi connectivity index (χ4v) is 4.49. The Kier molecular flexibility index (Phi) is 6.69. The van der Waals surface area contributed by atoms with E-state index in [4.69, 9.17) is 9.15 Å². The molecule has 2 heterocycles. The molecule has 1 saturated heterocycles. The Bertz CT molecular complexity index is 1340. The number of hydrogen-bond acceptors (Lipinski definition) is 7. The largest absolute Gasteiger partial charge is 0.495 e. The molecule has 1 N–H and O–H groups in total. The van der Waals surface area contributed by atoms with Crippen molar-refractivity contribution >= 4 is 17.3 Å². The number of hydrogen-bond donors (Lipinski definition) is 1. The predicted molar refractivity (Wildman–Crippen MR) is 141 cm³/mol. The zero-order valence-corrected chi connectivity index (χ0v) is 20.7. The highest BCUT2D eigenvalue weighted by molar-refractivity contribution is 6.05. The van der Waals surface area contributed by atoms with E-state index in [0.717, 1.165) is 65.6 Å². The zero-order chi connectivity index (χ0) is 25.1. The lowest BCUT2D eigenvalue weighted by molar-refractivity contribution is 0.102. The number of nitrogens with zero attached hydrogens (tertiary/aromatic N) is 4. The van der Waals surface area contributed by atoms with Crippen molar-refractivity contribution in [2.45, 2.75) is 6.92 Å². The van der Waals surface area contributed by atoms with Gasteiger partial charge in [-0.05, 0) is 73.1 Å². The SMILES string of the molecule is COc1ccc(NC(=O)c2ccc(-c3ccc(-c4nnco4)cc3)c(C)c2)cc1N1CCN(C)CC1. The third kappa shape index (κ3) is 4.94. The van der Waals surface area contributed by atoms with Gasteiger partial charge in [0.2, 0.25) is 12.3 Å². The van der Waals surface area contributed by atoms with Gasteiger partial charge in [-0.3, -0.25) is 4.79 Å². The first-order chi connectivity index (χ1) is 17.5. The summed E-state index contributed by atoms with van der Waals surface area (Å²) in [5.74, 6) is 1.15. The van der Waals surface area contributed by atoms with Gasteiger partial charge in [0.25, 0.3) is 5.91 Å². The second-order valence-corrected chi connectivity index (χ2v) is 8.98. The Morgan fingerprint density at radius 2 is 1.72 bits per heavy atom. The lowest BCUT2D eigenvalue weighted by atomic mass is 9.97. The number of piperazine rings is 1. The van der Waals surface area contributed by atoms with E-state index in [1.807, 2.05) is 67.6 Å². The van der Waals surface area contributed by atoms with Crippen LogP contribution in [0.2, 0.25) is 0 Å². The molecular formula is C28H29N5O3. The highest BCUT2D eigenvalue weighted by Gasteiger charge is 2.19. The van der Waals surface area contributed by atoms with Crippen molar-refractivity contribution < 1.29 is 13.9 Å². The molecule has 1 aliphatic heterocycles. The van der Waals surface area contributed by atoms with Gasteiger partial charge in [0, 0.05) is 43.0 Å². The average Bonchev–Trinajstić information content (AvgIpc) is 3.44. The molecule has 3 aromatic carbocycles. The Balaban J connectivity index is 1.32. The van der Waals surface area contributed by atoms with Crippen LogP contribution in [0.15, 0.2) is 71.5 Å². The smallest absolute Gasteiger partial charge is 0.255 e. The number of anilines is 2. The van der Waals surface area contributed by atoms with E-state index in [1.165, 1.54) is 6.39 Å². The van der Waals surface area contributed by atoms with Crippen LogP contribution in [0.1, 0.15) is 15.9 Å². The standard InChI is InChI=1S/C28H29N5O3/c1-19-16-22(8-10-24(19)20-4-6-21(7-5-20)28-31-29-18-36-28)27(34)30-23-9-11-26(35-3)25(17-23)33-14-12-32(2)13-15-33/h4-11,16-18H,12-15H2,1-3H3,(H,30,34). The number of carbonyl (C=O) groups is 1. The third-order valence-corrected chi connectivity index (χ3v) is 6.57. The molecule has 184 valence electrons. The molecule has 1 aliphatic rings. The summed E-state index contributed by atoms with van der Waals surface area (Å²) in [7, 11) is 3.81. The summed E-state index contributed by atoms with van der Waals surface area (Å²) in [6.45, 7) is 5.83. The zero-order valence-electron chi connectivity index (χ0n) is 20.7. The highest BCUT2D eigenvalue weighted by Crippen LogP contribution is 2.32. The van der Waals surface area contributed by atoms with Crippen molar-refractivity contribution in [1.82, 2.24) is 15.1 Å². The number of carbonyl (C=O) groups excluding carboxylic acids is 1. The summed E-state index contributed by atoms with van der Waals surface area (Å²) in [5, 5.41) is 10.7. The van der Waals surface area contributed by atoms with Gasteiger partial charge in [0.15, 0.2) is 0 Å². The fourth-order valence-electron chi connectivity index (χ4n) is 4.49. The molecular weight excluding hydrogens is 454 g/mol. The summed E-state index contributed by atoms with van der Waals surface area (Å²) in [5.41, 5.74) is 6.34. The molecule has 1 fully saturated rings. The Morgan fingerprint density at radius 3 is 2.39 bits per heavy atom. The topological polar surface area (TPSA) is 83.7 Å². The molecule has 0 radical (unpaired) electrons. The minimum Gasteiger partial charge on any atom is -0.495 e. The van der Waals surface area contributed by atoms with Crippen molar-refractivity contribution in [3.63, 3.8) is 0 Å². The van der Waals surface area contributed by atoms with Crippen molar-refractivity contribution in [1.29, 1.82) is 0 Å². The number of aromatic nitrogens is 2. The second-order valence-electron chi connectivity index (χ2n) is 8.98. The van der Waals surface area contributed by atoms with Crippen LogP contribution in [-0.4, -0.2) is 61.3 Å². The maximum absolute atomic E-state index is 13.1. The molecule has 0 spiro atoms. The van der Waals surface area contributed by atoms with Gasteiger partial charge in [-0.2, -0.15) is 0 Å². The monoisotopic (exact) mass is 483 g/mol. The summed E-state index contributed by atoms with van der Waals surface area (Å²) in [6, 6.07) is 19.5. The Labute approximate surface area is 210 Å². The lowest BCUT2D eigenvalue weighted by Gasteiger charge is -2.35. The fraction of sp³-hybridized carbons (Fsp3) is 0.250. The number of rotatable bonds is 6. The number of amides is 1. The second kappa shape index (κ2) is 10.2. The van der Waals surface area contributed by atoms with E-state index in [9.17, 15) is 4.79 Å². The predicted octanol–water partition coefficient (Wildman–Crippen LogP) is 4.72. The third-order valence-electron chi connectivity index (χ3n) is 6.57. The van der Waals surface area contributed by atoms with Crippen LogP contribution in [0.3, 0.4) is 0 Å². The molecule has 5 rings (SSSR count). The van der Waals surface area contributed by atoms with Crippen LogP contribution in [0.4, 0.5) is 11.4 Å². The summed E-state index contributed by atoms with van der Waals surface area (Å²) in [6.07, 6.45) is 1.32. The molecule has 8 nitrogen and oxygen atoms in total. The van der Waals surface area contributed by atoms with Crippen LogP contribution in [0, 0.1) is 6.92 Å². The van der Waals surface area contributed by atoms with E-state index in [-0.39, 0.29) is 5.91 Å². The van der Waals surface area contributed by atoms with Crippen molar-refractivity contribution in [2.75, 3.05) is 50.6 Å². The maximum Gasteiger partial charge on any atom is 0.255 e. The molecule has 36 heavy (non-hydrogen) atoms. The quantitative estimate of drug-likeness (QED) is 0.425. The highest BCUT2D eigenvalue weighted by atomic mass is 16.5. The number of benzene rings is 3. The summed E-state index contributed by atoms with van der Waals surface area (Å²) >= 11 is 0. The van der Waals surface area contributed by atoms with Gasteiger partial charge < -0.3 is 24.3 Å². The molecule has 0 unspecified atom stereocenters. The van der Waals surface area contributed by atoms with Gasteiger partial charge >= 0.3 is 0 Å². The van der Waals surface area contributed by atoms with Gasteiger partial charge in [0.05, 0.1) is 12.8 Å². The van der Waals surface area contributed by atoms with Crippen molar-refractivity contribution in [2.24, 2.45) is 0 Å². The Hall–Kier alpha value is -4.17. The first-order valence-electron chi connectivity index (χ1n) is 11.9. The maximum atomic E-state index is 13.1. The van der Waals surface area contributed by atoms with Crippen LogP contribution in [0.25, 0.3) is 22.6 Å². The molecule has 0 aliphatic carbocycles. The minimum absolute atomic E-state index is 0.147. The molecule has 0 bridgehead atoms. The molecule has 0 atom stereocenters. The summed E-state index contributed by atoms with van der Waals surface area (Å²) in [4.78, 5) is 17.7. The molecule has 4 aromatic rings. The number of nitrogens with one attached hydrogen (secondary N) is 1. The van der Waals surface area contributed by atoms with E-state index < -0.39 is 0 Å². The Morgan fingerprint density at radius 1 is 0.972 bits per heavy atom. The molecule has 1 aromatic heterocycles. The number of aryl methyl sites for hydroxylation is 1. The van der Waals surface area contributed by atoms with Gasteiger partial charge in [0.1, 0.15) is 5.75 Å². The molecule has 8 heteroatoms. The minimum atomic E-state index is -0.147. The summed E-state index contributed by atoms with van der Waals surface area (Å²) < 4.78 is 10.8. The number of ether oxygens (including phenoxy) is 1. The van der Waals surface area contributed by atoms with Crippen LogP contribution in [0.5, 0.6) is 5.75 Å². The molecule has 0 saturated carbocycles. The van der Waals surface area contributed by atoms with Gasteiger partial charge in [-0.25, -0.2) is 0 Å². The van der Waals surface area contributed by atoms with E-state index >= 15 is 0 Å². The van der Waals surface area contributed by atoms with Gasteiger partial charge in [-0.15, -0.1) is 10.2 Å². The number of methoxy groups -OCH3 is 1.